The minimum Gasteiger partial charge on any atom is -0.330 e. The number of hydrogen-bond acceptors (Lipinski definition) is 2. The molecule has 0 aliphatic carbocycles. The van der Waals surface area contributed by atoms with Crippen LogP contribution < -0.4 is 0 Å². The zero-order valence-electron chi connectivity index (χ0n) is 8.05. The summed E-state index contributed by atoms with van der Waals surface area (Å²) in [5, 5.41) is 0. The zero-order chi connectivity index (χ0) is 8.97. The van der Waals surface area contributed by atoms with Gasteiger partial charge in [0, 0.05) is 20.0 Å². The van der Waals surface area contributed by atoms with Crippen molar-refractivity contribution < 1.29 is 4.79 Å². The van der Waals surface area contributed by atoms with E-state index in [9.17, 15) is 4.79 Å². The molecular weight excluding hydrogens is 152 g/mol. The summed E-state index contributed by atoms with van der Waals surface area (Å²) >= 11 is 0. The number of nitrogens with zero attached hydrogens (tertiary/aromatic N) is 2. The third-order valence-corrected chi connectivity index (χ3v) is 2.26. The van der Waals surface area contributed by atoms with Crippen molar-refractivity contribution in [1.29, 1.82) is 0 Å². The Morgan fingerprint density at radius 1 is 1.42 bits per heavy atom. The summed E-state index contributed by atoms with van der Waals surface area (Å²) in [4.78, 5) is 15.3. The Balaban J connectivity index is 2.35. The Bertz CT molecular complexity index is 157. The van der Waals surface area contributed by atoms with Gasteiger partial charge in [0.05, 0.1) is 6.67 Å². The van der Waals surface area contributed by atoms with Gasteiger partial charge in [0.15, 0.2) is 0 Å². The number of carbonyl (C=O) groups is 1. The molecule has 12 heavy (non-hydrogen) atoms. The van der Waals surface area contributed by atoms with Crippen molar-refractivity contribution in [2.24, 2.45) is 0 Å². The summed E-state index contributed by atoms with van der Waals surface area (Å²) in [5.74, 6) is 0.204. The third kappa shape index (κ3) is 2.48. The smallest absolute Gasteiger partial charge is 0.220 e. The van der Waals surface area contributed by atoms with Crippen LogP contribution in [0.3, 0.4) is 0 Å². The van der Waals surface area contributed by atoms with E-state index in [1.54, 1.807) is 6.92 Å². The first-order valence-corrected chi connectivity index (χ1v) is 4.72. The van der Waals surface area contributed by atoms with E-state index >= 15 is 0 Å². The van der Waals surface area contributed by atoms with Crippen LogP contribution in [0.2, 0.25) is 0 Å². The van der Waals surface area contributed by atoms with Crippen LogP contribution in [0.5, 0.6) is 0 Å². The lowest BCUT2D eigenvalue weighted by molar-refractivity contribution is -0.132. The fourth-order valence-corrected chi connectivity index (χ4v) is 1.62. The van der Waals surface area contributed by atoms with Crippen LogP contribution >= 0.6 is 0 Å². The van der Waals surface area contributed by atoms with Gasteiger partial charge in [-0.15, -0.1) is 0 Å². The highest BCUT2D eigenvalue weighted by atomic mass is 16.2. The molecule has 1 aliphatic rings. The Morgan fingerprint density at radius 3 is 2.75 bits per heavy atom. The Morgan fingerprint density at radius 2 is 2.17 bits per heavy atom. The summed E-state index contributed by atoms with van der Waals surface area (Å²) < 4.78 is 0. The molecule has 0 bridgehead atoms. The predicted molar refractivity (Wildman–Crippen MR) is 48.7 cm³/mol. The predicted octanol–water partition coefficient (Wildman–Crippen LogP) is 0.908. The molecule has 0 spiro atoms. The van der Waals surface area contributed by atoms with E-state index in [-0.39, 0.29) is 5.91 Å². The first-order chi connectivity index (χ1) is 5.74. The number of amides is 1. The van der Waals surface area contributed by atoms with Crippen molar-refractivity contribution in [3.8, 4) is 0 Å². The average Bonchev–Trinajstić information content (AvgIpc) is 2.05. The molecule has 1 aliphatic heterocycles. The highest BCUT2D eigenvalue weighted by Gasteiger charge is 2.17. The molecule has 0 aromatic carbocycles. The largest absolute Gasteiger partial charge is 0.330 e. The number of rotatable bonds is 2. The summed E-state index contributed by atoms with van der Waals surface area (Å²) in [6.07, 6.45) is 2.30. The van der Waals surface area contributed by atoms with Crippen LogP contribution in [0.15, 0.2) is 0 Å². The highest BCUT2D eigenvalue weighted by Crippen LogP contribution is 2.05. The van der Waals surface area contributed by atoms with Crippen molar-refractivity contribution in [3.63, 3.8) is 0 Å². The molecular formula is C9H18N2O. The molecule has 1 saturated heterocycles. The summed E-state index contributed by atoms with van der Waals surface area (Å²) in [6, 6.07) is 0. The first kappa shape index (κ1) is 9.52. The molecule has 1 amide bonds. The van der Waals surface area contributed by atoms with Crippen LogP contribution in [-0.2, 0) is 4.79 Å². The Kier molecular flexibility index (Phi) is 3.53. The van der Waals surface area contributed by atoms with E-state index in [4.69, 9.17) is 0 Å². The van der Waals surface area contributed by atoms with Crippen molar-refractivity contribution in [3.05, 3.63) is 0 Å². The van der Waals surface area contributed by atoms with Gasteiger partial charge < -0.3 is 4.90 Å². The minimum atomic E-state index is 0.204. The maximum Gasteiger partial charge on any atom is 0.220 e. The first-order valence-electron chi connectivity index (χ1n) is 4.72. The monoisotopic (exact) mass is 170 g/mol. The number of carbonyl (C=O) groups excluding carboxylic acids is 1. The second-order valence-electron chi connectivity index (χ2n) is 3.40. The highest BCUT2D eigenvalue weighted by molar-refractivity contribution is 5.73. The molecule has 70 valence electrons. The molecule has 0 radical (unpaired) electrons. The summed E-state index contributed by atoms with van der Waals surface area (Å²) in [5.41, 5.74) is 0. The van der Waals surface area contributed by atoms with Crippen LogP contribution in [0.1, 0.15) is 26.7 Å². The maximum atomic E-state index is 11.0. The van der Waals surface area contributed by atoms with E-state index < -0.39 is 0 Å². The zero-order valence-corrected chi connectivity index (χ0v) is 8.05. The van der Waals surface area contributed by atoms with Gasteiger partial charge in [0.1, 0.15) is 0 Å². The molecule has 0 atom stereocenters. The average molecular weight is 170 g/mol. The van der Waals surface area contributed by atoms with Crippen LogP contribution in [0.25, 0.3) is 0 Å². The summed E-state index contributed by atoms with van der Waals surface area (Å²) in [6.45, 7) is 7.86. The second-order valence-corrected chi connectivity index (χ2v) is 3.40. The third-order valence-electron chi connectivity index (χ3n) is 2.26. The van der Waals surface area contributed by atoms with E-state index in [1.165, 1.54) is 6.42 Å². The van der Waals surface area contributed by atoms with E-state index in [0.29, 0.717) is 0 Å². The van der Waals surface area contributed by atoms with Gasteiger partial charge in [0.25, 0.3) is 0 Å². The van der Waals surface area contributed by atoms with Gasteiger partial charge in [-0.3, -0.25) is 9.69 Å². The lowest BCUT2D eigenvalue weighted by atomic mass is 10.3. The normalized spacial score (nSPS) is 19.7. The molecule has 3 nitrogen and oxygen atoms in total. The molecule has 0 aromatic heterocycles. The summed E-state index contributed by atoms with van der Waals surface area (Å²) in [7, 11) is 0. The quantitative estimate of drug-likeness (QED) is 0.615. The van der Waals surface area contributed by atoms with Gasteiger partial charge in [0.2, 0.25) is 5.91 Å². The van der Waals surface area contributed by atoms with Crippen molar-refractivity contribution in [2.75, 3.05) is 26.3 Å². The molecule has 0 unspecified atom stereocenters. The lowest BCUT2D eigenvalue weighted by Gasteiger charge is -2.34. The Hall–Kier alpha value is -0.570. The number of hydrogen-bond donors (Lipinski definition) is 0. The maximum absolute atomic E-state index is 11.0. The molecule has 1 heterocycles. The second kappa shape index (κ2) is 4.45. The SMILES string of the molecule is CCCN1CCCN(C(C)=O)C1. The Labute approximate surface area is 74.3 Å². The van der Waals surface area contributed by atoms with Gasteiger partial charge in [-0.2, -0.15) is 0 Å². The van der Waals surface area contributed by atoms with E-state index in [1.807, 2.05) is 4.90 Å². The minimum absolute atomic E-state index is 0.204. The van der Waals surface area contributed by atoms with Crippen molar-refractivity contribution >= 4 is 5.91 Å². The molecule has 1 rings (SSSR count). The molecule has 0 saturated carbocycles. The molecule has 0 aromatic rings. The van der Waals surface area contributed by atoms with Crippen LogP contribution in [-0.4, -0.2) is 42.0 Å². The fourth-order valence-electron chi connectivity index (χ4n) is 1.62. The standard InChI is InChI=1S/C9H18N2O/c1-3-5-10-6-4-7-11(8-10)9(2)12/h3-8H2,1-2H3. The van der Waals surface area contributed by atoms with Gasteiger partial charge in [-0.25, -0.2) is 0 Å². The molecule has 0 N–H and O–H groups in total. The van der Waals surface area contributed by atoms with E-state index in [2.05, 4.69) is 11.8 Å². The van der Waals surface area contributed by atoms with Crippen LogP contribution in [0.4, 0.5) is 0 Å². The van der Waals surface area contributed by atoms with Gasteiger partial charge in [-0.05, 0) is 19.4 Å². The fraction of sp³-hybridized carbons (Fsp3) is 0.889. The lowest BCUT2D eigenvalue weighted by Crippen LogP contribution is -2.46. The van der Waals surface area contributed by atoms with Crippen LogP contribution in [0, 0.1) is 0 Å². The van der Waals surface area contributed by atoms with Gasteiger partial charge in [-0.1, -0.05) is 6.92 Å². The topological polar surface area (TPSA) is 23.6 Å². The van der Waals surface area contributed by atoms with Gasteiger partial charge >= 0.3 is 0 Å². The van der Waals surface area contributed by atoms with E-state index in [0.717, 1.165) is 32.7 Å². The van der Waals surface area contributed by atoms with Crippen molar-refractivity contribution in [2.45, 2.75) is 26.7 Å². The molecule has 3 heteroatoms. The molecule has 1 fully saturated rings. The van der Waals surface area contributed by atoms with Crippen molar-refractivity contribution in [1.82, 2.24) is 9.80 Å².